The van der Waals surface area contributed by atoms with Crippen molar-refractivity contribution < 1.29 is 23.5 Å². The highest BCUT2D eigenvalue weighted by Crippen LogP contribution is 2.33. The van der Waals surface area contributed by atoms with Crippen molar-refractivity contribution in [1.29, 1.82) is 0 Å². The minimum atomic E-state index is -0.378. The summed E-state index contributed by atoms with van der Waals surface area (Å²) in [7, 11) is 0. The first-order valence-corrected chi connectivity index (χ1v) is 11.3. The van der Waals surface area contributed by atoms with Gasteiger partial charge in [-0.25, -0.2) is 4.39 Å². The van der Waals surface area contributed by atoms with Gasteiger partial charge < -0.3 is 9.64 Å². The Hall–Kier alpha value is -3.13. The molecular weight excluding hydrogens is 431 g/mol. The third-order valence-corrected chi connectivity index (χ3v) is 6.28. The molecule has 32 heavy (non-hydrogen) atoms. The fourth-order valence-electron chi connectivity index (χ4n) is 3.60. The molecule has 2 heterocycles. The lowest BCUT2D eigenvalue weighted by molar-refractivity contribution is -0.134. The third kappa shape index (κ3) is 5.37. The SMILES string of the molecule is O=C(COc1ccc(/C=C2\SC(=O)N(Cc3ccc(F)cc3)C2=O)cc1)N1CCCCC1. The molecule has 2 aromatic rings. The lowest BCUT2D eigenvalue weighted by atomic mass is 10.1. The lowest BCUT2D eigenvalue weighted by Crippen LogP contribution is -2.38. The van der Waals surface area contributed by atoms with Crippen molar-refractivity contribution in [3.05, 3.63) is 70.4 Å². The highest BCUT2D eigenvalue weighted by Gasteiger charge is 2.34. The molecule has 0 aromatic heterocycles. The van der Waals surface area contributed by atoms with Crippen LogP contribution in [0.25, 0.3) is 6.08 Å². The molecule has 4 rings (SSSR count). The summed E-state index contributed by atoms with van der Waals surface area (Å²) in [6.07, 6.45) is 4.89. The van der Waals surface area contributed by atoms with E-state index in [1.54, 1.807) is 42.5 Å². The minimum absolute atomic E-state index is 0.00161. The number of piperidine rings is 1. The molecule has 8 heteroatoms. The van der Waals surface area contributed by atoms with Crippen LogP contribution >= 0.6 is 11.8 Å². The van der Waals surface area contributed by atoms with Crippen molar-refractivity contribution in [3.63, 3.8) is 0 Å². The maximum absolute atomic E-state index is 13.1. The Morgan fingerprint density at radius 3 is 2.38 bits per heavy atom. The molecule has 3 amide bonds. The summed E-state index contributed by atoms with van der Waals surface area (Å²) in [6.45, 7) is 1.68. The summed E-state index contributed by atoms with van der Waals surface area (Å²) in [6, 6.07) is 12.7. The van der Waals surface area contributed by atoms with E-state index in [0.29, 0.717) is 16.2 Å². The van der Waals surface area contributed by atoms with Crippen molar-refractivity contribution in [2.75, 3.05) is 19.7 Å². The second kappa shape index (κ2) is 9.99. The molecule has 0 unspecified atom stereocenters. The Morgan fingerprint density at radius 1 is 1.00 bits per heavy atom. The highest BCUT2D eigenvalue weighted by molar-refractivity contribution is 8.18. The van der Waals surface area contributed by atoms with Gasteiger partial charge in [0.25, 0.3) is 17.1 Å². The first-order valence-electron chi connectivity index (χ1n) is 10.5. The lowest BCUT2D eigenvalue weighted by Gasteiger charge is -2.26. The number of benzene rings is 2. The van der Waals surface area contributed by atoms with E-state index in [9.17, 15) is 18.8 Å². The van der Waals surface area contributed by atoms with Crippen LogP contribution in [0.3, 0.4) is 0 Å². The average Bonchev–Trinajstić information content (AvgIpc) is 3.07. The molecule has 6 nitrogen and oxygen atoms in total. The van der Waals surface area contributed by atoms with Crippen LogP contribution in [0.2, 0.25) is 0 Å². The normalized spacial score (nSPS) is 17.8. The van der Waals surface area contributed by atoms with Gasteiger partial charge in [0.05, 0.1) is 11.4 Å². The predicted octanol–water partition coefficient (Wildman–Crippen LogP) is 4.45. The van der Waals surface area contributed by atoms with Crippen LogP contribution in [0.5, 0.6) is 5.75 Å². The van der Waals surface area contributed by atoms with E-state index in [4.69, 9.17) is 4.74 Å². The number of carbonyl (C=O) groups excluding carboxylic acids is 3. The van der Waals surface area contributed by atoms with Crippen LogP contribution in [-0.4, -0.2) is 46.5 Å². The number of hydrogen-bond donors (Lipinski definition) is 0. The number of halogens is 1. The van der Waals surface area contributed by atoms with E-state index in [2.05, 4.69) is 0 Å². The van der Waals surface area contributed by atoms with Crippen molar-refractivity contribution in [2.24, 2.45) is 0 Å². The molecule has 0 N–H and O–H groups in total. The molecule has 0 atom stereocenters. The number of carbonyl (C=O) groups is 3. The van der Waals surface area contributed by atoms with Gasteiger partial charge in [-0.15, -0.1) is 0 Å². The Balaban J connectivity index is 1.35. The Labute approximate surface area is 190 Å². The molecule has 2 aromatic carbocycles. The van der Waals surface area contributed by atoms with Gasteiger partial charge in [0.2, 0.25) is 0 Å². The summed E-state index contributed by atoms with van der Waals surface area (Å²) in [5, 5.41) is -0.359. The highest BCUT2D eigenvalue weighted by atomic mass is 32.2. The molecule has 0 aliphatic carbocycles. The number of nitrogens with zero attached hydrogens (tertiary/aromatic N) is 2. The van der Waals surface area contributed by atoms with Gasteiger partial charge in [-0.05, 0) is 72.5 Å². The fourth-order valence-corrected chi connectivity index (χ4v) is 4.44. The standard InChI is InChI=1S/C24H23FN2O4S/c25-19-8-4-18(5-9-19)15-27-23(29)21(32-24(27)30)14-17-6-10-20(11-7-17)31-16-22(28)26-12-2-1-3-13-26/h4-11,14H,1-3,12-13,15-16H2/b21-14-. The van der Waals surface area contributed by atoms with Gasteiger partial charge in [0, 0.05) is 13.1 Å². The molecule has 166 valence electrons. The summed E-state index contributed by atoms with van der Waals surface area (Å²) in [5.41, 5.74) is 1.42. The monoisotopic (exact) mass is 454 g/mol. The summed E-state index contributed by atoms with van der Waals surface area (Å²) >= 11 is 0.876. The van der Waals surface area contributed by atoms with Crippen LogP contribution in [0.15, 0.2) is 53.4 Å². The zero-order chi connectivity index (χ0) is 22.5. The van der Waals surface area contributed by atoms with Crippen LogP contribution in [0.4, 0.5) is 9.18 Å². The molecular formula is C24H23FN2O4S. The average molecular weight is 455 g/mol. The summed E-state index contributed by atoms with van der Waals surface area (Å²) in [4.78, 5) is 40.5. The second-order valence-corrected chi connectivity index (χ2v) is 8.69. The van der Waals surface area contributed by atoms with Gasteiger partial charge in [-0.3, -0.25) is 19.3 Å². The van der Waals surface area contributed by atoms with Crippen molar-refractivity contribution >= 4 is 34.9 Å². The molecule has 2 saturated heterocycles. The van der Waals surface area contributed by atoms with E-state index >= 15 is 0 Å². The minimum Gasteiger partial charge on any atom is -0.484 e. The maximum atomic E-state index is 13.1. The van der Waals surface area contributed by atoms with Crippen LogP contribution < -0.4 is 4.74 Å². The largest absolute Gasteiger partial charge is 0.484 e. The molecule has 0 spiro atoms. The number of amides is 3. The predicted molar refractivity (Wildman–Crippen MR) is 120 cm³/mol. The zero-order valence-corrected chi connectivity index (χ0v) is 18.3. The van der Waals surface area contributed by atoms with Crippen LogP contribution in [0, 0.1) is 5.82 Å². The van der Waals surface area contributed by atoms with Gasteiger partial charge in [-0.2, -0.15) is 0 Å². The molecule has 0 saturated carbocycles. The molecule has 0 bridgehead atoms. The molecule has 2 aliphatic heterocycles. The summed E-state index contributed by atoms with van der Waals surface area (Å²) in [5.74, 6) is -0.191. The Bertz CT molecular complexity index is 1030. The zero-order valence-electron chi connectivity index (χ0n) is 17.5. The van der Waals surface area contributed by atoms with Gasteiger partial charge in [-0.1, -0.05) is 24.3 Å². The quantitative estimate of drug-likeness (QED) is 0.603. The van der Waals surface area contributed by atoms with E-state index < -0.39 is 0 Å². The van der Waals surface area contributed by atoms with Gasteiger partial charge in [0.15, 0.2) is 6.61 Å². The van der Waals surface area contributed by atoms with E-state index in [1.807, 2.05) is 4.90 Å². The third-order valence-electron chi connectivity index (χ3n) is 5.38. The molecule has 0 radical (unpaired) electrons. The number of hydrogen-bond acceptors (Lipinski definition) is 5. The number of ether oxygens (including phenoxy) is 1. The van der Waals surface area contributed by atoms with Gasteiger partial charge >= 0.3 is 0 Å². The van der Waals surface area contributed by atoms with E-state index in [1.165, 1.54) is 12.1 Å². The van der Waals surface area contributed by atoms with E-state index in [-0.39, 0.29) is 36.0 Å². The van der Waals surface area contributed by atoms with Crippen LogP contribution in [-0.2, 0) is 16.1 Å². The molecule has 2 aliphatic rings. The van der Waals surface area contributed by atoms with Crippen molar-refractivity contribution in [1.82, 2.24) is 9.80 Å². The number of thioether (sulfide) groups is 1. The number of likely N-dealkylation sites (tertiary alicyclic amines) is 1. The van der Waals surface area contributed by atoms with Gasteiger partial charge in [0.1, 0.15) is 11.6 Å². The summed E-state index contributed by atoms with van der Waals surface area (Å²) < 4.78 is 18.7. The van der Waals surface area contributed by atoms with Crippen molar-refractivity contribution in [2.45, 2.75) is 25.8 Å². The first kappa shape index (κ1) is 22.1. The number of imide groups is 1. The van der Waals surface area contributed by atoms with E-state index in [0.717, 1.165) is 54.6 Å². The first-order chi connectivity index (χ1) is 15.5. The fraction of sp³-hybridized carbons (Fsp3) is 0.292. The maximum Gasteiger partial charge on any atom is 0.293 e. The van der Waals surface area contributed by atoms with Crippen molar-refractivity contribution in [3.8, 4) is 5.75 Å². The van der Waals surface area contributed by atoms with Crippen LogP contribution in [0.1, 0.15) is 30.4 Å². The smallest absolute Gasteiger partial charge is 0.293 e. The number of rotatable bonds is 6. The Kier molecular flexibility index (Phi) is 6.90. The topological polar surface area (TPSA) is 66.9 Å². The second-order valence-electron chi connectivity index (χ2n) is 7.69. The molecule has 2 fully saturated rings. The Morgan fingerprint density at radius 2 is 1.69 bits per heavy atom.